The second-order valence-electron chi connectivity index (χ2n) is 7.12. The van der Waals surface area contributed by atoms with Gasteiger partial charge in [-0.15, -0.1) is 11.3 Å². The van der Waals surface area contributed by atoms with Crippen LogP contribution in [-0.2, 0) is 24.3 Å². The Bertz CT molecular complexity index is 1180. The molecule has 8 heteroatoms. The number of anilines is 1. The number of hydrogen-bond donors (Lipinski definition) is 1. The Kier molecular flexibility index (Phi) is 6.69. The molecule has 31 heavy (non-hydrogen) atoms. The zero-order chi connectivity index (χ0) is 21.8. The van der Waals surface area contributed by atoms with Crippen molar-refractivity contribution in [2.75, 3.05) is 11.9 Å². The van der Waals surface area contributed by atoms with Gasteiger partial charge < -0.3 is 0 Å². The summed E-state index contributed by atoms with van der Waals surface area (Å²) >= 11 is 13.5. The Balaban J connectivity index is 1.45. The molecule has 1 amide bonds. The Morgan fingerprint density at radius 1 is 1.26 bits per heavy atom. The van der Waals surface area contributed by atoms with Crippen molar-refractivity contribution < 1.29 is 4.79 Å². The SMILES string of the molecule is N#C/C(=C\c1ccc(Cl)cc1Cl)C(=O)Nc1nc2c(s1)CCN(Cc1ccccc1)C2. The molecule has 0 unspecified atom stereocenters. The van der Waals surface area contributed by atoms with E-state index in [-0.39, 0.29) is 5.57 Å². The third kappa shape index (κ3) is 5.33. The van der Waals surface area contributed by atoms with E-state index in [0.717, 1.165) is 31.7 Å². The fourth-order valence-electron chi connectivity index (χ4n) is 3.37. The predicted molar refractivity (Wildman–Crippen MR) is 125 cm³/mol. The highest BCUT2D eigenvalue weighted by atomic mass is 35.5. The lowest BCUT2D eigenvalue weighted by molar-refractivity contribution is -0.112. The molecular weight excluding hydrogens is 451 g/mol. The van der Waals surface area contributed by atoms with Gasteiger partial charge in [0.15, 0.2) is 5.13 Å². The molecular formula is C23H18Cl2N4OS. The maximum atomic E-state index is 12.6. The van der Waals surface area contributed by atoms with Crippen LogP contribution in [0, 0.1) is 11.3 Å². The molecule has 0 radical (unpaired) electrons. The van der Waals surface area contributed by atoms with Crippen molar-refractivity contribution >= 4 is 51.7 Å². The van der Waals surface area contributed by atoms with E-state index in [9.17, 15) is 10.1 Å². The van der Waals surface area contributed by atoms with Gasteiger partial charge in [0.2, 0.25) is 0 Å². The van der Waals surface area contributed by atoms with Gasteiger partial charge in [0.1, 0.15) is 11.6 Å². The first kappa shape index (κ1) is 21.5. The minimum Gasteiger partial charge on any atom is -0.297 e. The van der Waals surface area contributed by atoms with Crippen LogP contribution in [0.2, 0.25) is 10.0 Å². The minimum atomic E-state index is -0.513. The van der Waals surface area contributed by atoms with E-state index in [1.54, 1.807) is 18.2 Å². The zero-order valence-electron chi connectivity index (χ0n) is 16.4. The molecule has 0 saturated heterocycles. The number of halogens is 2. The number of rotatable bonds is 5. The van der Waals surface area contributed by atoms with Gasteiger partial charge in [0.25, 0.3) is 5.91 Å². The summed E-state index contributed by atoms with van der Waals surface area (Å²) in [5, 5.41) is 13.6. The van der Waals surface area contributed by atoms with Gasteiger partial charge in [-0.1, -0.05) is 59.6 Å². The average Bonchev–Trinajstić information content (AvgIpc) is 3.15. The summed E-state index contributed by atoms with van der Waals surface area (Å²) in [6.45, 7) is 2.54. The number of hydrogen-bond acceptors (Lipinski definition) is 5. The molecule has 1 aliphatic rings. The van der Waals surface area contributed by atoms with Crippen LogP contribution in [0.3, 0.4) is 0 Å². The minimum absolute atomic E-state index is 0.0527. The lowest BCUT2D eigenvalue weighted by atomic mass is 10.1. The van der Waals surface area contributed by atoms with Crippen molar-refractivity contribution in [2.24, 2.45) is 0 Å². The Labute approximate surface area is 194 Å². The van der Waals surface area contributed by atoms with E-state index in [0.29, 0.717) is 20.7 Å². The highest BCUT2D eigenvalue weighted by molar-refractivity contribution is 7.15. The van der Waals surface area contributed by atoms with E-state index < -0.39 is 5.91 Å². The van der Waals surface area contributed by atoms with Gasteiger partial charge in [-0.3, -0.25) is 15.0 Å². The number of aromatic nitrogens is 1. The monoisotopic (exact) mass is 468 g/mol. The topological polar surface area (TPSA) is 69.0 Å². The molecule has 5 nitrogen and oxygen atoms in total. The van der Waals surface area contributed by atoms with Crippen LogP contribution in [0.1, 0.15) is 21.7 Å². The lowest BCUT2D eigenvalue weighted by Gasteiger charge is -2.25. The van der Waals surface area contributed by atoms with Crippen LogP contribution in [-0.4, -0.2) is 22.3 Å². The maximum absolute atomic E-state index is 12.6. The maximum Gasteiger partial charge on any atom is 0.268 e. The first-order chi connectivity index (χ1) is 15.0. The number of carbonyl (C=O) groups is 1. The largest absolute Gasteiger partial charge is 0.297 e. The molecule has 1 aliphatic heterocycles. The van der Waals surface area contributed by atoms with Crippen molar-refractivity contribution in [3.05, 3.63) is 85.8 Å². The van der Waals surface area contributed by atoms with Gasteiger partial charge in [-0.25, -0.2) is 4.98 Å². The fourth-order valence-corrected chi connectivity index (χ4v) is 4.79. The molecule has 0 saturated carbocycles. The highest BCUT2D eigenvalue weighted by Crippen LogP contribution is 2.29. The summed E-state index contributed by atoms with van der Waals surface area (Å²) in [6.07, 6.45) is 2.33. The quantitative estimate of drug-likeness (QED) is 0.393. The normalized spacial score (nSPS) is 14.0. The van der Waals surface area contributed by atoms with E-state index in [1.807, 2.05) is 24.3 Å². The summed E-state index contributed by atoms with van der Waals surface area (Å²) in [7, 11) is 0. The standard InChI is InChI=1S/C23H18Cl2N4OS/c24-18-7-6-16(19(25)11-18)10-17(12-26)22(30)28-23-27-20-14-29(9-8-21(20)31-23)13-15-4-2-1-3-5-15/h1-7,10-11H,8-9,13-14H2,(H,27,28,30)/b17-10+. The third-order valence-corrected chi connectivity index (χ3v) is 6.54. The van der Waals surface area contributed by atoms with Gasteiger partial charge in [-0.05, 0) is 35.8 Å². The molecule has 1 aromatic heterocycles. The molecule has 0 atom stereocenters. The fraction of sp³-hybridized carbons (Fsp3) is 0.174. The first-order valence-corrected chi connectivity index (χ1v) is 11.2. The third-order valence-electron chi connectivity index (χ3n) is 4.90. The van der Waals surface area contributed by atoms with Crippen molar-refractivity contribution in [2.45, 2.75) is 19.5 Å². The van der Waals surface area contributed by atoms with Crippen LogP contribution in [0.5, 0.6) is 0 Å². The number of benzene rings is 2. The molecule has 2 aromatic carbocycles. The van der Waals surface area contributed by atoms with E-state index in [1.165, 1.54) is 27.9 Å². The molecule has 0 bridgehead atoms. The highest BCUT2D eigenvalue weighted by Gasteiger charge is 2.22. The Morgan fingerprint density at radius 3 is 2.81 bits per heavy atom. The van der Waals surface area contributed by atoms with Gasteiger partial charge >= 0.3 is 0 Å². The van der Waals surface area contributed by atoms with Crippen molar-refractivity contribution in [1.82, 2.24) is 9.88 Å². The number of nitriles is 1. The van der Waals surface area contributed by atoms with E-state index in [2.05, 4.69) is 27.3 Å². The predicted octanol–water partition coefficient (Wildman–Crippen LogP) is 5.55. The summed E-state index contributed by atoms with van der Waals surface area (Å²) in [5.74, 6) is -0.513. The molecule has 2 heterocycles. The number of fused-ring (bicyclic) bond motifs is 1. The van der Waals surface area contributed by atoms with Gasteiger partial charge in [0, 0.05) is 34.6 Å². The zero-order valence-corrected chi connectivity index (χ0v) is 18.8. The average molecular weight is 469 g/mol. The Hall–Kier alpha value is -2.69. The van der Waals surface area contributed by atoms with Crippen molar-refractivity contribution in [3.63, 3.8) is 0 Å². The number of carbonyl (C=O) groups excluding carboxylic acids is 1. The molecule has 0 aliphatic carbocycles. The summed E-state index contributed by atoms with van der Waals surface area (Å²) in [4.78, 5) is 20.7. The molecule has 0 fully saturated rings. The second kappa shape index (κ2) is 9.63. The molecule has 4 rings (SSSR count). The van der Waals surface area contributed by atoms with E-state index in [4.69, 9.17) is 23.2 Å². The number of nitrogens with one attached hydrogen (secondary N) is 1. The molecule has 0 spiro atoms. The number of amides is 1. The summed E-state index contributed by atoms with van der Waals surface area (Å²) in [5.41, 5.74) is 2.74. The van der Waals surface area contributed by atoms with Gasteiger partial charge in [-0.2, -0.15) is 5.26 Å². The lowest BCUT2D eigenvalue weighted by Crippen LogP contribution is -2.29. The smallest absolute Gasteiger partial charge is 0.268 e. The van der Waals surface area contributed by atoms with Crippen LogP contribution in [0.4, 0.5) is 5.13 Å². The van der Waals surface area contributed by atoms with Crippen LogP contribution >= 0.6 is 34.5 Å². The molecule has 1 N–H and O–H groups in total. The van der Waals surface area contributed by atoms with Crippen LogP contribution in [0.15, 0.2) is 54.1 Å². The van der Waals surface area contributed by atoms with Crippen molar-refractivity contribution in [1.29, 1.82) is 5.26 Å². The number of nitrogens with zero attached hydrogens (tertiary/aromatic N) is 3. The summed E-state index contributed by atoms with van der Waals surface area (Å²) < 4.78 is 0. The first-order valence-electron chi connectivity index (χ1n) is 9.65. The Morgan fingerprint density at radius 2 is 2.06 bits per heavy atom. The van der Waals surface area contributed by atoms with Crippen molar-refractivity contribution in [3.8, 4) is 6.07 Å². The molecule has 3 aromatic rings. The van der Waals surface area contributed by atoms with Gasteiger partial charge in [0.05, 0.1) is 5.69 Å². The van der Waals surface area contributed by atoms with Crippen LogP contribution in [0.25, 0.3) is 6.08 Å². The second-order valence-corrected chi connectivity index (χ2v) is 9.05. The number of thiazole rings is 1. The molecule has 156 valence electrons. The van der Waals surface area contributed by atoms with E-state index >= 15 is 0 Å². The van der Waals surface area contributed by atoms with Crippen LogP contribution < -0.4 is 5.32 Å². The summed E-state index contributed by atoms with van der Waals surface area (Å²) in [6, 6.07) is 17.1.